The van der Waals surface area contributed by atoms with Gasteiger partial charge in [0.1, 0.15) is 12.2 Å². The molecule has 1 heterocycles. The van der Waals surface area contributed by atoms with Gasteiger partial charge in [0.2, 0.25) is 0 Å². The molecule has 6 atom stereocenters. The highest BCUT2D eigenvalue weighted by Crippen LogP contribution is 2.54. The Morgan fingerprint density at radius 2 is 2.14 bits per heavy atom. The number of allylic oxidation sites excluding steroid dienone is 2. The maximum Gasteiger partial charge on any atom is 0.334 e. The van der Waals surface area contributed by atoms with Gasteiger partial charge in [-0.2, -0.15) is 0 Å². The highest BCUT2D eigenvalue weighted by Gasteiger charge is 2.61. The first-order valence-electron chi connectivity index (χ1n) is 7.56. The fourth-order valence-corrected chi connectivity index (χ4v) is 4.33. The van der Waals surface area contributed by atoms with E-state index in [4.69, 9.17) is 9.47 Å². The van der Waals surface area contributed by atoms with E-state index in [1.165, 1.54) is 6.92 Å². The Kier molecular flexibility index (Phi) is 3.27. The molecule has 1 saturated carbocycles. The van der Waals surface area contributed by atoms with Crippen LogP contribution in [0.25, 0.3) is 0 Å². The van der Waals surface area contributed by atoms with Crippen LogP contribution < -0.4 is 0 Å². The summed E-state index contributed by atoms with van der Waals surface area (Å²) in [6.45, 7) is 8.99. The third-order valence-electron chi connectivity index (χ3n) is 5.43. The molecule has 3 rings (SSSR count). The van der Waals surface area contributed by atoms with E-state index in [0.717, 1.165) is 0 Å². The van der Waals surface area contributed by atoms with E-state index in [1.807, 2.05) is 19.9 Å². The van der Waals surface area contributed by atoms with E-state index in [-0.39, 0.29) is 23.7 Å². The average molecular weight is 304 g/mol. The SMILES string of the molecule is C=C1C(=O)O[C@@H]2C[C@@H](C)[C@H]3C=CC(=O)[C@@]3(C)[C@@H](OC(C)=O)[C@H]12. The maximum absolute atomic E-state index is 12.6. The zero-order valence-corrected chi connectivity index (χ0v) is 13.0. The molecule has 118 valence electrons. The Morgan fingerprint density at radius 3 is 2.77 bits per heavy atom. The van der Waals surface area contributed by atoms with Crippen LogP contribution in [-0.4, -0.2) is 29.9 Å². The Bertz CT molecular complexity index is 604. The molecule has 0 N–H and O–H groups in total. The van der Waals surface area contributed by atoms with Crippen molar-refractivity contribution in [2.45, 2.75) is 39.4 Å². The normalized spacial score (nSPS) is 43.4. The van der Waals surface area contributed by atoms with Gasteiger partial charge in [0, 0.05) is 12.5 Å². The number of carbonyl (C=O) groups excluding carboxylic acids is 3. The zero-order valence-electron chi connectivity index (χ0n) is 13.0. The summed E-state index contributed by atoms with van der Waals surface area (Å²) in [5, 5.41) is 0. The summed E-state index contributed by atoms with van der Waals surface area (Å²) in [7, 11) is 0. The Balaban J connectivity index is 2.12. The second-order valence-electron chi connectivity index (χ2n) is 6.77. The maximum atomic E-state index is 12.6. The standard InChI is InChI=1S/C17H20O5/c1-8-7-12-14(9(2)16(20)22-12)15(21-10(3)18)17(4)11(8)5-6-13(17)19/h5-6,8,11-12,14-15H,2,7H2,1,3-4H3/t8-,11-,12-,14-,15+,17+/m1/s1. The number of hydrogen-bond acceptors (Lipinski definition) is 5. The second-order valence-corrected chi connectivity index (χ2v) is 6.77. The zero-order chi connectivity index (χ0) is 16.2. The van der Waals surface area contributed by atoms with Gasteiger partial charge in [0.05, 0.1) is 11.3 Å². The van der Waals surface area contributed by atoms with Gasteiger partial charge in [-0.05, 0) is 31.3 Å². The Morgan fingerprint density at radius 1 is 1.45 bits per heavy atom. The van der Waals surface area contributed by atoms with Crippen LogP contribution in [0.4, 0.5) is 0 Å². The monoisotopic (exact) mass is 304 g/mol. The minimum atomic E-state index is -0.874. The predicted molar refractivity (Wildman–Crippen MR) is 77.6 cm³/mol. The number of esters is 2. The van der Waals surface area contributed by atoms with Crippen molar-refractivity contribution in [1.82, 2.24) is 0 Å². The number of fused-ring (bicyclic) bond motifs is 2. The molecule has 0 radical (unpaired) electrons. The van der Waals surface area contributed by atoms with Gasteiger partial charge in [0.25, 0.3) is 0 Å². The topological polar surface area (TPSA) is 69.7 Å². The van der Waals surface area contributed by atoms with Crippen molar-refractivity contribution in [3.05, 3.63) is 24.3 Å². The van der Waals surface area contributed by atoms with E-state index in [9.17, 15) is 14.4 Å². The van der Waals surface area contributed by atoms with Gasteiger partial charge in [-0.15, -0.1) is 0 Å². The largest absolute Gasteiger partial charge is 0.461 e. The smallest absolute Gasteiger partial charge is 0.334 e. The summed E-state index contributed by atoms with van der Waals surface area (Å²) in [6, 6.07) is 0. The summed E-state index contributed by atoms with van der Waals surface area (Å²) in [4.78, 5) is 36.1. The van der Waals surface area contributed by atoms with Crippen molar-refractivity contribution in [2.75, 3.05) is 0 Å². The van der Waals surface area contributed by atoms with Crippen molar-refractivity contribution in [3.63, 3.8) is 0 Å². The molecule has 0 aromatic carbocycles. The molecular formula is C17H20O5. The first-order chi connectivity index (χ1) is 10.3. The molecule has 2 fully saturated rings. The van der Waals surface area contributed by atoms with Gasteiger partial charge in [-0.25, -0.2) is 4.79 Å². The highest BCUT2D eigenvalue weighted by atomic mass is 16.6. The van der Waals surface area contributed by atoms with Crippen LogP contribution in [0.2, 0.25) is 0 Å². The van der Waals surface area contributed by atoms with E-state index in [0.29, 0.717) is 12.0 Å². The van der Waals surface area contributed by atoms with E-state index >= 15 is 0 Å². The number of carbonyl (C=O) groups is 3. The van der Waals surface area contributed by atoms with Crippen LogP contribution in [0.15, 0.2) is 24.3 Å². The number of ketones is 1. The minimum Gasteiger partial charge on any atom is -0.461 e. The summed E-state index contributed by atoms with van der Waals surface area (Å²) in [5.41, 5.74) is -0.577. The van der Waals surface area contributed by atoms with Crippen molar-refractivity contribution in [1.29, 1.82) is 0 Å². The molecule has 0 bridgehead atoms. The van der Waals surface area contributed by atoms with Crippen LogP contribution in [0, 0.1) is 23.2 Å². The van der Waals surface area contributed by atoms with Crippen molar-refractivity contribution >= 4 is 17.7 Å². The van der Waals surface area contributed by atoms with Crippen LogP contribution in [0.3, 0.4) is 0 Å². The van der Waals surface area contributed by atoms with Gasteiger partial charge >= 0.3 is 11.9 Å². The fraction of sp³-hybridized carbons (Fsp3) is 0.588. The summed E-state index contributed by atoms with van der Waals surface area (Å²) in [6.07, 6.45) is 2.98. The molecule has 2 aliphatic carbocycles. The molecule has 5 nitrogen and oxygen atoms in total. The van der Waals surface area contributed by atoms with Crippen LogP contribution in [0.5, 0.6) is 0 Å². The van der Waals surface area contributed by atoms with Crippen LogP contribution >= 0.6 is 0 Å². The van der Waals surface area contributed by atoms with E-state index in [1.54, 1.807) is 6.08 Å². The summed E-state index contributed by atoms with van der Waals surface area (Å²) >= 11 is 0. The molecule has 0 aromatic rings. The van der Waals surface area contributed by atoms with Gasteiger partial charge < -0.3 is 9.47 Å². The van der Waals surface area contributed by atoms with E-state index < -0.39 is 29.4 Å². The lowest BCUT2D eigenvalue weighted by molar-refractivity contribution is -0.162. The van der Waals surface area contributed by atoms with Gasteiger partial charge in [0.15, 0.2) is 5.78 Å². The summed E-state index contributed by atoms with van der Waals surface area (Å²) in [5.74, 6) is -1.35. The van der Waals surface area contributed by atoms with E-state index in [2.05, 4.69) is 6.58 Å². The average Bonchev–Trinajstić information content (AvgIpc) is 2.84. The first-order valence-corrected chi connectivity index (χ1v) is 7.56. The number of rotatable bonds is 1. The van der Waals surface area contributed by atoms with Crippen molar-refractivity contribution in [3.8, 4) is 0 Å². The molecule has 1 saturated heterocycles. The first kappa shape index (κ1) is 15.0. The fourth-order valence-electron chi connectivity index (χ4n) is 4.33. The highest BCUT2D eigenvalue weighted by molar-refractivity contribution is 5.99. The molecule has 0 spiro atoms. The number of ether oxygens (including phenoxy) is 2. The molecular weight excluding hydrogens is 284 g/mol. The van der Waals surface area contributed by atoms with Gasteiger partial charge in [-0.3, -0.25) is 9.59 Å². The van der Waals surface area contributed by atoms with Gasteiger partial charge in [-0.1, -0.05) is 19.6 Å². The van der Waals surface area contributed by atoms with Crippen LogP contribution in [0.1, 0.15) is 27.2 Å². The molecule has 0 aromatic heterocycles. The van der Waals surface area contributed by atoms with Crippen molar-refractivity contribution < 1.29 is 23.9 Å². The third-order valence-corrected chi connectivity index (χ3v) is 5.43. The minimum absolute atomic E-state index is 0.0403. The molecule has 3 aliphatic rings. The lowest BCUT2D eigenvalue weighted by atomic mass is 9.67. The van der Waals surface area contributed by atoms with Crippen molar-refractivity contribution in [2.24, 2.45) is 23.2 Å². The summed E-state index contributed by atoms with van der Waals surface area (Å²) < 4.78 is 11.0. The number of hydrogen-bond donors (Lipinski definition) is 0. The molecule has 0 unspecified atom stereocenters. The molecule has 1 aliphatic heterocycles. The lowest BCUT2D eigenvalue weighted by Crippen LogP contribution is -2.49. The second kappa shape index (κ2) is 4.80. The predicted octanol–water partition coefficient (Wildman–Crippen LogP) is 1.82. The lowest BCUT2D eigenvalue weighted by Gasteiger charge is -2.39. The third kappa shape index (κ3) is 1.87. The quantitative estimate of drug-likeness (QED) is 0.546. The Labute approximate surface area is 129 Å². The Hall–Kier alpha value is -1.91. The van der Waals surface area contributed by atoms with Crippen LogP contribution in [-0.2, 0) is 23.9 Å². The molecule has 0 amide bonds. The molecule has 5 heteroatoms. The molecule has 22 heavy (non-hydrogen) atoms.